The van der Waals surface area contributed by atoms with Crippen LogP contribution in [0.25, 0.3) is 10.8 Å². The van der Waals surface area contributed by atoms with Gasteiger partial charge in [-0.05, 0) is 54.5 Å². The number of carbonyl (C=O) groups excluding carboxylic acids is 3. The number of nitrogens with two attached hydrogens (primary N) is 1. The van der Waals surface area contributed by atoms with Gasteiger partial charge in [-0.1, -0.05) is 30.3 Å². The summed E-state index contributed by atoms with van der Waals surface area (Å²) < 4.78 is 28.1. The largest absolute Gasteiger partial charge is 0.370 e. The van der Waals surface area contributed by atoms with Gasteiger partial charge in [0, 0.05) is 25.7 Å². The summed E-state index contributed by atoms with van der Waals surface area (Å²) in [6.07, 6.45) is 2.74. The molecule has 2 aromatic rings. The SMILES string of the molecule is Cl.N=C(N)N1CCC[C@@H](CNC(=O)C[C@H]2C(=O)N(C3CC3)CC(=O)N2S(=O)(=O)c2ccc3ccccc3c2)C1. The van der Waals surface area contributed by atoms with Crippen molar-refractivity contribution in [3.63, 3.8) is 0 Å². The molecule has 2 saturated heterocycles. The number of hydrogen-bond acceptors (Lipinski definition) is 6. The third-order valence-corrected chi connectivity index (χ3v) is 9.32. The van der Waals surface area contributed by atoms with Gasteiger partial charge in [0.15, 0.2) is 5.96 Å². The van der Waals surface area contributed by atoms with Crippen molar-refractivity contribution < 1.29 is 22.8 Å². The van der Waals surface area contributed by atoms with Gasteiger partial charge in [0.2, 0.25) is 11.8 Å². The first-order valence-electron chi connectivity index (χ1n) is 12.9. The number of nitrogens with zero attached hydrogens (tertiary/aromatic N) is 3. The smallest absolute Gasteiger partial charge is 0.267 e. The van der Waals surface area contributed by atoms with Crippen molar-refractivity contribution >= 4 is 56.9 Å². The van der Waals surface area contributed by atoms with E-state index in [2.05, 4.69) is 5.32 Å². The number of carbonyl (C=O) groups is 3. The number of piperazine rings is 1. The van der Waals surface area contributed by atoms with E-state index in [-0.39, 0.29) is 41.8 Å². The Morgan fingerprint density at radius 3 is 2.49 bits per heavy atom. The molecule has 1 saturated carbocycles. The Bertz CT molecular complexity index is 1400. The second-order valence-corrected chi connectivity index (χ2v) is 12.1. The molecule has 0 radical (unpaired) electrons. The lowest BCUT2D eigenvalue weighted by Crippen LogP contribution is -2.62. The Balaban J connectivity index is 0.00000353. The van der Waals surface area contributed by atoms with Gasteiger partial charge in [-0.25, -0.2) is 12.7 Å². The number of halogens is 1. The second kappa shape index (κ2) is 11.4. The second-order valence-electron chi connectivity index (χ2n) is 10.3. The van der Waals surface area contributed by atoms with Gasteiger partial charge >= 0.3 is 0 Å². The minimum atomic E-state index is -4.40. The summed E-state index contributed by atoms with van der Waals surface area (Å²) in [6, 6.07) is 10.3. The quantitative estimate of drug-likeness (QED) is 0.331. The van der Waals surface area contributed by atoms with E-state index >= 15 is 0 Å². The molecule has 2 aliphatic heterocycles. The first-order chi connectivity index (χ1) is 18.1. The van der Waals surface area contributed by atoms with Gasteiger partial charge in [0.05, 0.1) is 11.3 Å². The molecule has 11 nitrogen and oxygen atoms in total. The number of likely N-dealkylation sites (tertiary alicyclic amines) is 1. The van der Waals surface area contributed by atoms with Crippen LogP contribution in [0, 0.1) is 11.3 Å². The number of amides is 3. The van der Waals surface area contributed by atoms with Crippen molar-refractivity contribution in [2.75, 3.05) is 26.2 Å². The van der Waals surface area contributed by atoms with E-state index in [1.807, 2.05) is 12.1 Å². The van der Waals surface area contributed by atoms with Crippen LogP contribution in [-0.4, -0.2) is 84.5 Å². The molecule has 0 unspecified atom stereocenters. The van der Waals surface area contributed by atoms with Crippen molar-refractivity contribution in [2.45, 2.75) is 49.1 Å². The molecular weight excluding hydrogens is 544 g/mol. The zero-order valence-corrected chi connectivity index (χ0v) is 23.0. The summed E-state index contributed by atoms with van der Waals surface area (Å²) in [7, 11) is -4.40. The first-order valence-corrected chi connectivity index (χ1v) is 14.3. The molecule has 0 bridgehead atoms. The van der Waals surface area contributed by atoms with Crippen LogP contribution in [0.2, 0.25) is 0 Å². The fourth-order valence-electron chi connectivity index (χ4n) is 5.32. The first kappa shape index (κ1) is 28.6. The Morgan fingerprint density at radius 2 is 1.79 bits per heavy atom. The minimum Gasteiger partial charge on any atom is -0.370 e. The van der Waals surface area contributed by atoms with Crippen LogP contribution >= 0.6 is 12.4 Å². The average molecular weight is 577 g/mol. The Hall–Kier alpha value is -3.38. The number of hydrogen-bond donors (Lipinski definition) is 3. The normalized spacial score (nSPS) is 22.0. The fraction of sp³-hybridized carbons (Fsp3) is 0.462. The van der Waals surface area contributed by atoms with Crippen molar-refractivity contribution in [1.29, 1.82) is 5.41 Å². The highest BCUT2D eigenvalue weighted by Gasteiger charge is 2.50. The lowest BCUT2D eigenvalue weighted by Gasteiger charge is -2.39. The zero-order chi connectivity index (χ0) is 27.0. The molecule has 2 aromatic carbocycles. The highest BCUT2D eigenvalue weighted by Crippen LogP contribution is 2.33. The number of nitrogens with one attached hydrogen (secondary N) is 2. The lowest BCUT2D eigenvalue weighted by atomic mass is 9.98. The highest BCUT2D eigenvalue weighted by atomic mass is 35.5. The fourth-order valence-corrected chi connectivity index (χ4v) is 6.89. The molecule has 3 aliphatic rings. The summed E-state index contributed by atoms with van der Waals surface area (Å²) in [5.41, 5.74) is 5.60. The Morgan fingerprint density at radius 1 is 1.08 bits per heavy atom. The van der Waals surface area contributed by atoms with E-state index in [0.717, 1.165) is 31.1 Å². The maximum atomic E-state index is 13.7. The van der Waals surface area contributed by atoms with Gasteiger partial charge in [-0.15, -0.1) is 12.4 Å². The van der Waals surface area contributed by atoms with Crippen LogP contribution in [0.3, 0.4) is 0 Å². The monoisotopic (exact) mass is 576 g/mol. The number of sulfonamides is 1. The molecule has 3 fully saturated rings. The predicted molar refractivity (Wildman–Crippen MR) is 148 cm³/mol. The van der Waals surface area contributed by atoms with Crippen LogP contribution in [0.15, 0.2) is 47.4 Å². The number of benzene rings is 2. The zero-order valence-electron chi connectivity index (χ0n) is 21.4. The van der Waals surface area contributed by atoms with E-state index in [4.69, 9.17) is 11.1 Å². The summed E-state index contributed by atoms with van der Waals surface area (Å²) in [4.78, 5) is 42.8. The van der Waals surface area contributed by atoms with Crippen LogP contribution < -0.4 is 11.1 Å². The lowest BCUT2D eigenvalue weighted by molar-refractivity contribution is -0.152. The average Bonchev–Trinajstić information content (AvgIpc) is 3.74. The van der Waals surface area contributed by atoms with E-state index in [9.17, 15) is 22.8 Å². The summed E-state index contributed by atoms with van der Waals surface area (Å²) in [5.74, 6) is -1.69. The van der Waals surface area contributed by atoms with Gasteiger partial charge in [-0.2, -0.15) is 0 Å². The van der Waals surface area contributed by atoms with Crippen molar-refractivity contribution in [2.24, 2.45) is 11.7 Å². The van der Waals surface area contributed by atoms with Crippen LogP contribution in [0.5, 0.6) is 0 Å². The van der Waals surface area contributed by atoms with E-state index in [1.165, 1.54) is 17.0 Å². The van der Waals surface area contributed by atoms with Gasteiger partial charge in [-0.3, -0.25) is 19.8 Å². The van der Waals surface area contributed by atoms with Crippen LogP contribution in [0.1, 0.15) is 32.1 Å². The van der Waals surface area contributed by atoms with Crippen molar-refractivity contribution in [3.8, 4) is 0 Å². The highest BCUT2D eigenvalue weighted by molar-refractivity contribution is 7.89. The molecule has 5 rings (SSSR count). The van der Waals surface area contributed by atoms with E-state index < -0.39 is 40.2 Å². The third-order valence-electron chi connectivity index (χ3n) is 7.49. The molecule has 210 valence electrons. The summed E-state index contributed by atoms with van der Waals surface area (Å²) in [6.45, 7) is 1.21. The number of fused-ring (bicyclic) bond motifs is 1. The Kier molecular flexibility index (Phi) is 8.36. The Labute approximate surface area is 233 Å². The van der Waals surface area contributed by atoms with Crippen molar-refractivity contribution in [3.05, 3.63) is 42.5 Å². The van der Waals surface area contributed by atoms with Gasteiger partial charge in [0.1, 0.15) is 12.6 Å². The molecule has 2 atom stereocenters. The molecule has 0 aromatic heterocycles. The summed E-state index contributed by atoms with van der Waals surface area (Å²) in [5, 5.41) is 12.0. The van der Waals surface area contributed by atoms with Crippen molar-refractivity contribution in [1.82, 2.24) is 19.4 Å². The van der Waals surface area contributed by atoms with Gasteiger partial charge < -0.3 is 20.9 Å². The molecular formula is C26H33ClN6O5S. The molecule has 2 heterocycles. The topological polar surface area (TPSA) is 157 Å². The standard InChI is InChI=1S/C26H32N6O5S.ClH/c27-26(28)30-11-3-4-17(15-30)14-29-23(33)13-22-25(35)31(20-8-9-20)16-24(34)32(22)38(36,37)21-10-7-18-5-1-2-6-19(18)12-21;/h1-2,5-7,10,12,17,20,22H,3-4,8-9,11,13-16H2,(H3,27,28)(H,29,33);1H/t17-,22-;/m0./s1. The third kappa shape index (κ3) is 5.96. The molecule has 13 heteroatoms. The van der Waals surface area contributed by atoms with E-state index in [0.29, 0.717) is 29.3 Å². The molecule has 4 N–H and O–H groups in total. The molecule has 1 aliphatic carbocycles. The van der Waals surface area contributed by atoms with E-state index in [1.54, 1.807) is 23.1 Å². The minimum absolute atomic E-state index is 0. The predicted octanol–water partition coefficient (Wildman–Crippen LogP) is 1.26. The molecule has 0 spiro atoms. The maximum Gasteiger partial charge on any atom is 0.267 e. The maximum absolute atomic E-state index is 13.7. The van der Waals surface area contributed by atoms with Crippen LogP contribution in [-0.2, 0) is 24.4 Å². The number of guanidine groups is 1. The number of piperidine rings is 1. The number of rotatable bonds is 7. The molecule has 39 heavy (non-hydrogen) atoms. The summed E-state index contributed by atoms with van der Waals surface area (Å²) >= 11 is 0. The van der Waals surface area contributed by atoms with Gasteiger partial charge in [0.25, 0.3) is 15.9 Å². The van der Waals surface area contributed by atoms with Crippen LogP contribution in [0.4, 0.5) is 0 Å². The molecule has 3 amide bonds.